The van der Waals surface area contributed by atoms with Gasteiger partial charge in [0.1, 0.15) is 6.20 Å². The third-order valence-electron chi connectivity index (χ3n) is 2.44. The molecule has 0 saturated carbocycles. The standard InChI is InChI=1S/C11H9F3N4O2/c12-11(13,14)8-4-2-1-3-7(8)5-15-10(17-19)9-6-16-20-18-9/h1-4,6,19H,5H2,(H,15,17). The number of aliphatic imine (C=N–C) groups is 1. The Labute approximate surface area is 110 Å². The Hall–Kier alpha value is -2.42. The lowest BCUT2D eigenvalue weighted by Gasteiger charge is -2.11. The van der Waals surface area contributed by atoms with E-state index in [1.807, 2.05) is 0 Å². The second kappa shape index (κ2) is 5.70. The molecule has 2 N–H and O–H groups in total. The van der Waals surface area contributed by atoms with Gasteiger partial charge in [-0.2, -0.15) is 13.2 Å². The molecular weight excluding hydrogens is 277 g/mol. The minimum absolute atomic E-state index is 0.0239. The molecule has 0 unspecified atom stereocenters. The lowest BCUT2D eigenvalue weighted by Crippen LogP contribution is -2.21. The van der Waals surface area contributed by atoms with Crippen LogP contribution < -0.4 is 5.48 Å². The van der Waals surface area contributed by atoms with Gasteiger partial charge in [-0.05, 0) is 16.8 Å². The molecule has 0 radical (unpaired) electrons. The Balaban J connectivity index is 2.27. The van der Waals surface area contributed by atoms with Crippen LogP contribution in [0.15, 0.2) is 40.1 Å². The fourth-order valence-corrected chi connectivity index (χ4v) is 1.54. The Bertz CT molecular complexity index is 596. The van der Waals surface area contributed by atoms with E-state index in [2.05, 4.69) is 19.9 Å². The fourth-order valence-electron chi connectivity index (χ4n) is 1.54. The summed E-state index contributed by atoms with van der Waals surface area (Å²) in [5.74, 6) is -0.136. The van der Waals surface area contributed by atoms with Crippen molar-refractivity contribution in [3.05, 3.63) is 47.3 Å². The van der Waals surface area contributed by atoms with Crippen LogP contribution in [-0.4, -0.2) is 21.4 Å². The zero-order valence-electron chi connectivity index (χ0n) is 9.92. The lowest BCUT2D eigenvalue weighted by atomic mass is 10.1. The van der Waals surface area contributed by atoms with E-state index in [4.69, 9.17) is 5.21 Å². The van der Waals surface area contributed by atoms with Crippen LogP contribution in [0.3, 0.4) is 0 Å². The van der Waals surface area contributed by atoms with Crippen LogP contribution in [0.5, 0.6) is 0 Å². The number of hydroxylamine groups is 1. The van der Waals surface area contributed by atoms with Gasteiger partial charge in [0.05, 0.1) is 12.1 Å². The van der Waals surface area contributed by atoms with Crippen LogP contribution in [-0.2, 0) is 12.7 Å². The minimum Gasteiger partial charge on any atom is -0.290 e. The highest BCUT2D eigenvalue weighted by Gasteiger charge is 2.32. The number of alkyl halides is 3. The van der Waals surface area contributed by atoms with Crippen molar-refractivity contribution in [1.82, 2.24) is 15.8 Å². The smallest absolute Gasteiger partial charge is 0.290 e. The highest BCUT2D eigenvalue weighted by Crippen LogP contribution is 2.32. The summed E-state index contributed by atoms with van der Waals surface area (Å²) >= 11 is 0. The molecule has 0 spiro atoms. The van der Waals surface area contributed by atoms with Crippen LogP contribution in [0, 0.1) is 0 Å². The Morgan fingerprint density at radius 2 is 2.10 bits per heavy atom. The molecule has 106 valence electrons. The van der Waals surface area contributed by atoms with Crippen molar-refractivity contribution in [3.63, 3.8) is 0 Å². The summed E-state index contributed by atoms with van der Waals surface area (Å²) in [7, 11) is 0. The van der Waals surface area contributed by atoms with E-state index in [0.29, 0.717) is 0 Å². The summed E-state index contributed by atoms with van der Waals surface area (Å²) in [6.45, 7) is -0.286. The van der Waals surface area contributed by atoms with Gasteiger partial charge in [0.2, 0.25) is 0 Å². The molecule has 1 aromatic carbocycles. The highest BCUT2D eigenvalue weighted by molar-refractivity contribution is 5.95. The number of halogens is 3. The van der Waals surface area contributed by atoms with Crippen LogP contribution in [0.2, 0.25) is 0 Å². The first-order chi connectivity index (χ1) is 9.52. The first-order valence-corrected chi connectivity index (χ1v) is 5.40. The summed E-state index contributed by atoms with van der Waals surface area (Å²) in [5.41, 5.74) is 1.02. The highest BCUT2D eigenvalue weighted by atomic mass is 19.4. The maximum atomic E-state index is 12.8. The topological polar surface area (TPSA) is 83.5 Å². The van der Waals surface area contributed by atoms with Crippen LogP contribution >= 0.6 is 0 Å². The van der Waals surface area contributed by atoms with Crippen LogP contribution in [0.1, 0.15) is 16.8 Å². The van der Waals surface area contributed by atoms with Crippen LogP contribution in [0.4, 0.5) is 13.2 Å². The third kappa shape index (κ3) is 3.12. The van der Waals surface area contributed by atoms with Gasteiger partial charge in [-0.3, -0.25) is 15.7 Å². The van der Waals surface area contributed by atoms with Crippen molar-refractivity contribution in [2.45, 2.75) is 12.7 Å². The summed E-state index contributed by atoms with van der Waals surface area (Å²) < 4.78 is 42.6. The molecule has 2 rings (SSSR count). The molecule has 0 bridgehead atoms. The van der Waals surface area contributed by atoms with Crippen molar-refractivity contribution in [2.24, 2.45) is 4.99 Å². The predicted octanol–water partition coefficient (Wildman–Crippen LogP) is 2.01. The van der Waals surface area contributed by atoms with E-state index in [1.54, 1.807) is 5.48 Å². The van der Waals surface area contributed by atoms with E-state index in [0.717, 1.165) is 12.3 Å². The zero-order chi connectivity index (χ0) is 14.6. The molecule has 0 atom stereocenters. The molecule has 6 nitrogen and oxygen atoms in total. The lowest BCUT2D eigenvalue weighted by molar-refractivity contribution is -0.138. The minimum atomic E-state index is -4.46. The number of benzene rings is 1. The number of nitrogens with zero attached hydrogens (tertiary/aromatic N) is 3. The monoisotopic (exact) mass is 286 g/mol. The molecule has 0 saturated heterocycles. The molecule has 1 heterocycles. The van der Waals surface area contributed by atoms with Gasteiger partial charge in [0, 0.05) is 0 Å². The van der Waals surface area contributed by atoms with Gasteiger partial charge < -0.3 is 0 Å². The normalized spacial score (nSPS) is 12.5. The third-order valence-corrected chi connectivity index (χ3v) is 2.44. The predicted molar refractivity (Wildman–Crippen MR) is 60.9 cm³/mol. The van der Waals surface area contributed by atoms with E-state index >= 15 is 0 Å². The van der Waals surface area contributed by atoms with Gasteiger partial charge in [-0.25, -0.2) is 4.63 Å². The molecule has 0 aliphatic carbocycles. The van der Waals surface area contributed by atoms with Crippen molar-refractivity contribution in [1.29, 1.82) is 0 Å². The van der Waals surface area contributed by atoms with Crippen LogP contribution in [0.25, 0.3) is 0 Å². The first-order valence-electron chi connectivity index (χ1n) is 5.40. The second-order valence-corrected chi connectivity index (χ2v) is 3.72. The van der Waals surface area contributed by atoms with Gasteiger partial charge in [0.15, 0.2) is 11.5 Å². The van der Waals surface area contributed by atoms with E-state index in [-0.39, 0.29) is 23.6 Å². The van der Waals surface area contributed by atoms with Gasteiger partial charge in [-0.15, -0.1) is 0 Å². The largest absolute Gasteiger partial charge is 0.416 e. The van der Waals surface area contributed by atoms with E-state index in [1.165, 1.54) is 18.2 Å². The SMILES string of the molecule is ONC(=NCc1ccccc1C(F)(F)F)c1cnon1. The molecule has 0 aliphatic rings. The maximum Gasteiger partial charge on any atom is 0.416 e. The van der Waals surface area contributed by atoms with Gasteiger partial charge >= 0.3 is 6.18 Å². The Morgan fingerprint density at radius 1 is 1.35 bits per heavy atom. The zero-order valence-corrected chi connectivity index (χ0v) is 9.92. The molecule has 1 aromatic heterocycles. The van der Waals surface area contributed by atoms with Crippen molar-refractivity contribution in [3.8, 4) is 0 Å². The summed E-state index contributed by atoms with van der Waals surface area (Å²) in [5, 5.41) is 15.6. The Kier molecular flexibility index (Phi) is 3.99. The molecule has 0 amide bonds. The summed E-state index contributed by atoms with van der Waals surface area (Å²) in [6.07, 6.45) is -3.30. The average Bonchev–Trinajstić information content (AvgIpc) is 2.93. The van der Waals surface area contributed by atoms with Crippen molar-refractivity contribution in [2.75, 3.05) is 0 Å². The Morgan fingerprint density at radius 3 is 2.70 bits per heavy atom. The molecule has 0 fully saturated rings. The molecule has 9 heteroatoms. The number of rotatable bonds is 3. The summed E-state index contributed by atoms with van der Waals surface area (Å²) in [6, 6.07) is 5.05. The van der Waals surface area contributed by atoms with Crippen molar-refractivity contribution >= 4 is 5.84 Å². The quantitative estimate of drug-likeness (QED) is 0.512. The second-order valence-electron chi connectivity index (χ2n) is 3.72. The maximum absolute atomic E-state index is 12.8. The van der Waals surface area contributed by atoms with E-state index < -0.39 is 11.7 Å². The number of hydrogen-bond acceptors (Lipinski definition) is 5. The average molecular weight is 286 g/mol. The van der Waals surface area contributed by atoms with Crippen molar-refractivity contribution < 1.29 is 23.0 Å². The van der Waals surface area contributed by atoms with E-state index in [9.17, 15) is 13.2 Å². The number of hydrogen-bond donors (Lipinski definition) is 2. The number of amidine groups is 1. The van der Waals surface area contributed by atoms with Gasteiger partial charge in [0.25, 0.3) is 0 Å². The molecular formula is C11H9F3N4O2. The first kappa shape index (κ1) is 14.0. The molecule has 2 aromatic rings. The molecule has 0 aliphatic heterocycles. The fraction of sp³-hybridized carbons (Fsp3) is 0.182. The van der Waals surface area contributed by atoms with Gasteiger partial charge in [-0.1, -0.05) is 23.4 Å². The number of aromatic nitrogens is 2. The number of nitrogens with one attached hydrogen (secondary N) is 1. The summed E-state index contributed by atoms with van der Waals surface area (Å²) in [4.78, 5) is 3.82. The molecule has 20 heavy (non-hydrogen) atoms.